The normalized spacial score (nSPS) is 18.0. The number of hydrogen-bond acceptors (Lipinski definition) is 8. The Morgan fingerprint density at radius 3 is 1.58 bits per heavy atom. The maximum Gasteiger partial charge on any atom is 0.194 e. The Kier molecular flexibility index (Phi) is 8.71. The second-order valence-corrected chi connectivity index (χ2v) is 14.6. The van der Waals surface area contributed by atoms with Crippen LogP contribution in [-0.2, 0) is 6.54 Å². The molecule has 2 aromatic carbocycles. The van der Waals surface area contributed by atoms with Gasteiger partial charge < -0.3 is 4.57 Å². The van der Waals surface area contributed by atoms with Crippen molar-refractivity contribution in [3.63, 3.8) is 0 Å². The van der Waals surface area contributed by atoms with Gasteiger partial charge in [-0.3, -0.25) is 19.6 Å². The summed E-state index contributed by atoms with van der Waals surface area (Å²) in [5.41, 5.74) is 7.81. The highest BCUT2D eigenvalue weighted by molar-refractivity contribution is 7.28. The van der Waals surface area contributed by atoms with E-state index in [-0.39, 0.29) is 24.7 Å². The third-order valence-electron chi connectivity index (χ3n) is 9.34. The second-order valence-electron chi connectivity index (χ2n) is 12.4. The summed E-state index contributed by atoms with van der Waals surface area (Å²) in [6, 6.07) is 23.5. The molecule has 7 nitrogen and oxygen atoms in total. The van der Waals surface area contributed by atoms with Crippen molar-refractivity contribution in [3.8, 4) is 12.1 Å². The lowest BCUT2D eigenvalue weighted by atomic mass is 9.98. The predicted molar refractivity (Wildman–Crippen MR) is 206 cm³/mol. The van der Waals surface area contributed by atoms with E-state index in [4.69, 9.17) is 0 Å². The van der Waals surface area contributed by atoms with Crippen LogP contribution in [0, 0.1) is 28.6 Å². The number of aromatic nitrogens is 1. The molecular formula is C41H31N5O2S2. The quantitative estimate of drug-likeness (QED) is 0.0872. The molecule has 0 saturated carbocycles. The molecule has 1 unspecified atom stereocenters. The molecule has 1 atom stereocenters. The molecule has 0 radical (unpaired) electrons. The predicted octanol–water partition coefficient (Wildman–Crippen LogP) is 9.48. The number of hydrogen-bond donors (Lipinski definition) is 0. The van der Waals surface area contributed by atoms with Crippen molar-refractivity contribution in [2.75, 3.05) is 13.1 Å². The molecule has 0 spiro atoms. The lowest BCUT2D eigenvalue weighted by Crippen LogP contribution is -2.05. The fourth-order valence-corrected chi connectivity index (χ4v) is 9.17. The number of carbonyl (C=O) groups excluding carboxylic acids is 2. The second kappa shape index (κ2) is 13.3. The number of thiophene rings is 2. The Bertz CT molecular complexity index is 2350. The molecule has 0 bridgehead atoms. The average Bonchev–Trinajstić information content (AvgIpc) is 3.91. The topological polar surface area (TPSA) is 111 Å². The summed E-state index contributed by atoms with van der Waals surface area (Å²) < 4.78 is 4.53. The van der Waals surface area contributed by atoms with Gasteiger partial charge >= 0.3 is 0 Å². The molecule has 7 rings (SSSR count). The number of rotatable bonds is 9. The Morgan fingerprint density at radius 2 is 1.20 bits per heavy atom. The number of carbonyl (C=O) groups is 2. The van der Waals surface area contributed by atoms with Gasteiger partial charge in [-0.15, -0.1) is 22.7 Å². The zero-order valence-corrected chi connectivity index (χ0v) is 29.3. The fourth-order valence-electron chi connectivity index (χ4n) is 6.82. The molecule has 0 saturated heterocycles. The van der Waals surface area contributed by atoms with Crippen molar-refractivity contribution < 1.29 is 9.59 Å². The molecule has 2 aliphatic carbocycles. The summed E-state index contributed by atoms with van der Waals surface area (Å²) in [5.74, 6) is 0.183. The van der Waals surface area contributed by atoms with Crippen LogP contribution in [0.15, 0.2) is 92.9 Å². The molecule has 2 aliphatic rings. The summed E-state index contributed by atoms with van der Waals surface area (Å²) in [6.07, 6.45) is 4.82. The number of fused-ring (bicyclic) bond motifs is 5. The van der Waals surface area contributed by atoms with Crippen molar-refractivity contribution in [2.24, 2.45) is 15.9 Å². The van der Waals surface area contributed by atoms with Gasteiger partial charge in [0.1, 0.15) is 0 Å². The average molecular weight is 690 g/mol. The van der Waals surface area contributed by atoms with Crippen LogP contribution < -0.4 is 0 Å². The molecule has 3 aromatic heterocycles. The van der Waals surface area contributed by atoms with E-state index in [0.29, 0.717) is 50.5 Å². The Morgan fingerprint density at radius 1 is 0.780 bits per heavy atom. The van der Waals surface area contributed by atoms with Gasteiger partial charge in [-0.05, 0) is 54.8 Å². The van der Waals surface area contributed by atoms with Crippen LogP contribution in [0.25, 0.3) is 43.7 Å². The minimum Gasteiger partial charge on any atom is -0.339 e. The lowest BCUT2D eigenvalue weighted by Gasteiger charge is -2.11. The number of Topliss-reactive ketones (excluding diaryl/α,β-unsaturated/α-hetero) is 2. The summed E-state index contributed by atoms with van der Waals surface area (Å²) in [4.78, 5) is 37.2. The molecule has 3 heterocycles. The van der Waals surface area contributed by atoms with Crippen molar-refractivity contribution in [2.45, 2.75) is 26.8 Å². The van der Waals surface area contributed by atoms with Crippen molar-refractivity contribution >= 4 is 91.4 Å². The van der Waals surface area contributed by atoms with Crippen LogP contribution in [0.3, 0.4) is 0 Å². The molecule has 244 valence electrons. The third kappa shape index (κ3) is 5.32. The number of benzene rings is 2. The molecule has 9 heteroatoms. The van der Waals surface area contributed by atoms with Gasteiger partial charge in [0.15, 0.2) is 11.6 Å². The summed E-state index contributed by atoms with van der Waals surface area (Å²) >= 11 is 3.21. The first-order valence-corrected chi connectivity index (χ1v) is 17.9. The van der Waals surface area contributed by atoms with Crippen LogP contribution >= 0.6 is 22.7 Å². The number of allylic oxidation sites excluding steroid dienone is 4. The van der Waals surface area contributed by atoms with Gasteiger partial charge in [0.2, 0.25) is 0 Å². The van der Waals surface area contributed by atoms with E-state index in [2.05, 4.69) is 66.1 Å². The van der Waals surface area contributed by atoms with Crippen molar-refractivity contribution in [1.29, 1.82) is 10.5 Å². The van der Waals surface area contributed by atoms with Crippen molar-refractivity contribution in [1.82, 2.24) is 4.57 Å². The zero-order valence-electron chi connectivity index (χ0n) is 27.6. The van der Waals surface area contributed by atoms with E-state index in [1.165, 1.54) is 0 Å². The largest absolute Gasteiger partial charge is 0.339 e. The van der Waals surface area contributed by atoms with Gasteiger partial charge in [0.05, 0.1) is 56.8 Å². The van der Waals surface area contributed by atoms with Gasteiger partial charge in [-0.25, -0.2) is 0 Å². The lowest BCUT2D eigenvalue weighted by molar-refractivity contribution is 0.103. The van der Waals surface area contributed by atoms with E-state index in [9.17, 15) is 20.1 Å². The van der Waals surface area contributed by atoms with Crippen LogP contribution in [0.2, 0.25) is 0 Å². The minimum absolute atomic E-state index is 0.113. The van der Waals surface area contributed by atoms with Gasteiger partial charge in [-0.2, -0.15) is 10.5 Å². The van der Waals surface area contributed by atoms with E-state index >= 15 is 0 Å². The minimum atomic E-state index is -0.113. The van der Waals surface area contributed by atoms with Crippen LogP contribution in [0.5, 0.6) is 0 Å². The molecule has 0 amide bonds. The summed E-state index contributed by atoms with van der Waals surface area (Å²) in [5, 5.41) is 20.1. The van der Waals surface area contributed by atoms with Crippen molar-refractivity contribution in [3.05, 3.63) is 115 Å². The maximum atomic E-state index is 13.7. The Hall–Kier alpha value is -5.74. The van der Waals surface area contributed by atoms with Gasteiger partial charge in [0.25, 0.3) is 0 Å². The third-order valence-corrected chi connectivity index (χ3v) is 11.6. The van der Waals surface area contributed by atoms with Crippen LogP contribution in [0.1, 0.15) is 61.9 Å². The molecular weight excluding hydrogens is 659 g/mol. The van der Waals surface area contributed by atoms with Gasteiger partial charge in [0, 0.05) is 49.7 Å². The molecule has 0 aliphatic heterocycles. The zero-order chi connectivity index (χ0) is 35.1. The summed E-state index contributed by atoms with van der Waals surface area (Å²) in [7, 11) is 0. The highest BCUT2D eigenvalue weighted by Crippen LogP contribution is 2.46. The number of nitrogens with zero attached hydrogens (tertiary/aromatic N) is 5. The monoisotopic (exact) mass is 689 g/mol. The maximum absolute atomic E-state index is 13.7. The molecule has 0 fully saturated rings. The number of aliphatic imine (C=N–C) groups is 2. The Labute approximate surface area is 297 Å². The highest BCUT2D eigenvalue weighted by atomic mass is 32.1. The van der Waals surface area contributed by atoms with Crippen LogP contribution in [-0.4, -0.2) is 42.7 Å². The number of ketones is 2. The SMILES string of the molecule is C=NC/C(C#N)=C1\C(=C\c2cc3c(s2)c2sc(/C=C4\C(=O)c5ccccc5\C4=C(/C#N)CN=C)cc2n3CC(C)CC)C(=O)c2ccccc21. The smallest absolute Gasteiger partial charge is 0.194 e. The molecule has 50 heavy (non-hydrogen) atoms. The standard InChI is InChI=1S/C41H31N5O2S2/c1-5-23(2)22-46-34-16-26(14-32-36(24(18-42)20-44-3)28-10-6-8-12-30(28)38(32)47)49-40(34)41-35(46)17-27(50-41)15-33-37(25(19-43)21-45-4)29-11-7-9-13-31(29)39(33)48/h6-17,23H,3-5,20-22H2,1-2H3/b32-14-,33-15-,36-24-,37-25-. The first-order valence-electron chi connectivity index (χ1n) is 16.2. The van der Waals surface area contributed by atoms with Gasteiger partial charge in [-0.1, -0.05) is 68.8 Å². The first-order chi connectivity index (χ1) is 24.3. The number of nitriles is 2. The molecule has 5 aromatic rings. The van der Waals surface area contributed by atoms with E-state index in [1.807, 2.05) is 48.6 Å². The fraction of sp³-hybridized carbons (Fsp3) is 0.171. The van der Waals surface area contributed by atoms with E-state index < -0.39 is 0 Å². The van der Waals surface area contributed by atoms with E-state index in [0.717, 1.165) is 54.3 Å². The molecule has 0 N–H and O–H groups in total. The highest BCUT2D eigenvalue weighted by Gasteiger charge is 2.33. The Balaban J connectivity index is 1.40. The van der Waals surface area contributed by atoms with E-state index in [1.54, 1.807) is 34.8 Å². The first kappa shape index (κ1) is 32.8. The van der Waals surface area contributed by atoms with Crippen LogP contribution in [0.4, 0.5) is 0 Å². The summed E-state index contributed by atoms with van der Waals surface area (Å²) in [6.45, 7) is 12.6.